The second kappa shape index (κ2) is 25.7. The molecule has 2 aliphatic carbocycles. The molecule has 11 heteroatoms. The first kappa shape index (κ1) is 47.9. The van der Waals surface area contributed by atoms with Crippen LogP contribution in [0.5, 0.6) is 11.5 Å². The Bertz CT molecular complexity index is 1500. The standard InChI is InChI=1S/C49H79N3O8/c1-5-9-10-11-12-13-14-15-16-21-33-57-48(55)52(26-6-2)45-37-43(50-59-8-4)41-35-38(22-17-19-30-53)40(23-18-20-31-54)46-42-36-39(56-34-29-51-27-28-51)24-25-44(42)60-49(45,47(41)46)58-32-7-3/h7,24-25,35-36,38,40,45-47,53-54H,3,5-6,8-23,26-34,37H2,1-2,4H3. The Balaban J connectivity index is 1.52. The van der Waals surface area contributed by atoms with E-state index in [1.165, 1.54) is 44.9 Å². The highest BCUT2D eigenvalue weighted by Crippen LogP contribution is 2.62. The summed E-state index contributed by atoms with van der Waals surface area (Å²) in [5.74, 6) is 0.127. The molecular weight excluding hydrogens is 759 g/mol. The number of carbonyl (C=O) groups excluding carboxylic acids is 1. The smallest absolute Gasteiger partial charge is 0.410 e. The van der Waals surface area contributed by atoms with Crippen molar-refractivity contribution in [2.75, 3.05) is 65.8 Å². The van der Waals surface area contributed by atoms with E-state index in [1.807, 2.05) is 24.0 Å². The number of allylic oxidation sites excluding steroid dienone is 1. The lowest BCUT2D eigenvalue weighted by Crippen LogP contribution is -2.70. The van der Waals surface area contributed by atoms with E-state index < -0.39 is 11.8 Å². The third-order valence-corrected chi connectivity index (χ3v) is 13.0. The second-order valence-electron chi connectivity index (χ2n) is 17.4. The molecule has 0 spiro atoms. The van der Waals surface area contributed by atoms with Crippen molar-refractivity contribution in [3.63, 3.8) is 0 Å². The Morgan fingerprint density at radius 2 is 1.65 bits per heavy atom. The van der Waals surface area contributed by atoms with Gasteiger partial charge in [-0.3, -0.25) is 9.80 Å². The van der Waals surface area contributed by atoms with Gasteiger partial charge in [-0.15, -0.1) is 6.58 Å². The SMILES string of the molecule is C=CCOC12Oc3ccc(OCCN4CC4)cc3C3C(CCCCO)C(CCCCO)C=C(C(=NOCC)CC1N(CCC)C(=O)OCCCCCCCCCCCC)C32. The molecular formula is C49H79N3O8. The molecule has 6 unspecified atom stereocenters. The van der Waals surface area contributed by atoms with Crippen molar-refractivity contribution in [3.05, 3.63) is 48.1 Å². The molecule has 0 radical (unpaired) electrons. The van der Waals surface area contributed by atoms with Crippen LogP contribution in [0.15, 0.2) is 47.7 Å². The summed E-state index contributed by atoms with van der Waals surface area (Å²) in [5.41, 5.74) is 2.91. The molecule has 1 aromatic rings. The fourth-order valence-electron chi connectivity index (χ4n) is 9.91. The van der Waals surface area contributed by atoms with E-state index in [1.54, 1.807) is 6.08 Å². The van der Waals surface area contributed by atoms with Crippen LogP contribution in [0.2, 0.25) is 0 Å². The molecule has 6 atom stereocenters. The molecule has 60 heavy (non-hydrogen) atoms. The molecule has 1 saturated carbocycles. The normalized spacial score (nSPS) is 24.9. The van der Waals surface area contributed by atoms with Gasteiger partial charge in [-0.05, 0) is 81.1 Å². The van der Waals surface area contributed by atoms with E-state index in [0.717, 1.165) is 106 Å². The summed E-state index contributed by atoms with van der Waals surface area (Å²) < 4.78 is 26.9. The average molecular weight is 838 g/mol. The number of aliphatic hydroxyl groups excluding tert-OH is 2. The molecule has 5 rings (SSSR count). The zero-order valence-electron chi connectivity index (χ0n) is 37.5. The predicted octanol–water partition coefficient (Wildman–Crippen LogP) is 9.80. The molecule has 2 heterocycles. The lowest BCUT2D eigenvalue weighted by Gasteiger charge is -2.59. The first-order valence-corrected chi connectivity index (χ1v) is 23.9. The summed E-state index contributed by atoms with van der Waals surface area (Å²) in [6.07, 6.45) is 21.9. The van der Waals surface area contributed by atoms with Crippen molar-refractivity contribution < 1.29 is 38.8 Å². The van der Waals surface area contributed by atoms with Gasteiger partial charge in [0.1, 0.15) is 30.8 Å². The van der Waals surface area contributed by atoms with Crippen LogP contribution >= 0.6 is 0 Å². The van der Waals surface area contributed by atoms with Crippen molar-refractivity contribution >= 4 is 11.8 Å². The number of amides is 1. The average Bonchev–Trinajstić information content (AvgIpc) is 4.09. The molecule has 11 nitrogen and oxygen atoms in total. The van der Waals surface area contributed by atoms with Gasteiger partial charge < -0.3 is 34.0 Å². The van der Waals surface area contributed by atoms with Gasteiger partial charge in [-0.1, -0.05) is 102 Å². The first-order chi connectivity index (χ1) is 29.5. The van der Waals surface area contributed by atoms with Crippen molar-refractivity contribution in [2.24, 2.45) is 22.9 Å². The molecule has 2 N–H and O–H groups in total. The molecule has 0 aromatic heterocycles. The van der Waals surface area contributed by atoms with E-state index >= 15 is 0 Å². The fraction of sp³-hybridized carbons (Fsp3) is 0.755. The number of rotatable bonds is 31. The van der Waals surface area contributed by atoms with Gasteiger partial charge in [-0.2, -0.15) is 0 Å². The Hall–Kier alpha value is -3.12. The molecule has 4 aliphatic rings. The molecule has 1 aromatic carbocycles. The molecule has 2 aliphatic heterocycles. The molecule has 1 saturated heterocycles. The van der Waals surface area contributed by atoms with Crippen LogP contribution in [0, 0.1) is 17.8 Å². The molecule has 2 fully saturated rings. The van der Waals surface area contributed by atoms with Crippen LogP contribution in [0.4, 0.5) is 4.79 Å². The van der Waals surface area contributed by atoms with Crippen LogP contribution in [0.1, 0.15) is 148 Å². The van der Waals surface area contributed by atoms with E-state index in [4.69, 9.17) is 28.9 Å². The Morgan fingerprint density at radius 1 is 0.933 bits per heavy atom. The van der Waals surface area contributed by atoms with Gasteiger partial charge in [0.15, 0.2) is 0 Å². The van der Waals surface area contributed by atoms with Gasteiger partial charge in [0.05, 0.1) is 24.8 Å². The van der Waals surface area contributed by atoms with Gasteiger partial charge in [0.25, 0.3) is 0 Å². The van der Waals surface area contributed by atoms with Gasteiger partial charge in [0.2, 0.25) is 5.79 Å². The van der Waals surface area contributed by atoms with Crippen molar-refractivity contribution in [3.8, 4) is 11.5 Å². The maximum atomic E-state index is 14.5. The number of benzene rings is 1. The highest BCUT2D eigenvalue weighted by atomic mass is 16.7. The van der Waals surface area contributed by atoms with E-state index in [2.05, 4.69) is 37.5 Å². The maximum absolute atomic E-state index is 14.5. The van der Waals surface area contributed by atoms with E-state index in [9.17, 15) is 15.0 Å². The van der Waals surface area contributed by atoms with Crippen molar-refractivity contribution in [2.45, 2.75) is 154 Å². The zero-order chi connectivity index (χ0) is 42.6. The van der Waals surface area contributed by atoms with Crippen LogP contribution in [0.3, 0.4) is 0 Å². The number of unbranched alkanes of at least 4 members (excludes halogenated alkanes) is 11. The van der Waals surface area contributed by atoms with Gasteiger partial charge in [0, 0.05) is 57.3 Å². The molecule has 1 amide bonds. The second-order valence-corrected chi connectivity index (χ2v) is 17.4. The number of ether oxygens (including phenoxy) is 4. The van der Waals surface area contributed by atoms with E-state index in [0.29, 0.717) is 39.2 Å². The monoisotopic (exact) mass is 838 g/mol. The number of hydrogen-bond acceptors (Lipinski definition) is 10. The Labute approximate surface area is 361 Å². The zero-order valence-corrected chi connectivity index (χ0v) is 37.5. The number of fused-ring (bicyclic) bond motifs is 2. The topological polar surface area (TPSA) is 122 Å². The Morgan fingerprint density at radius 3 is 2.32 bits per heavy atom. The first-order valence-electron chi connectivity index (χ1n) is 23.9. The summed E-state index contributed by atoms with van der Waals surface area (Å²) in [5, 5.41) is 24.6. The van der Waals surface area contributed by atoms with Crippen molar-refractivity contribution in [1.29, 1.82) is 0 Å². The van der Waals surface area contributed by atoms with Crippen LogP contribution in [-0.2, 0) is 14.3 Å². The minimum atomic E-state index is -1.29. The fourth-order valence-corrected chi connectivity index (χ4v) is 9.91. The molecule has 0 bridgehead atoms. The third kappa shape index (κ3) is 13.0. The maximum Gasteiger partial charge on any atom is 0.410 e. The van der Waals surface area contributed by atoms with E-state index in [-0.39, 0.29) is 49.6 Å². The van der Waals surface area contributed by atoms with Gasteiger partial charge in [-0.25, -0.2) is 4.79 Å². The number of hydrogen-bond donors (Lipinski definition) is 2. The number of oxime groups is 1. The molecule has 338 valence electrons. The summed E-state index contributed by atoms with van der Waals surface area (Å²) in [7, 11) is 0. The third-order valence-electron chi connectivity index (χ3n) is 13.0. The predicted molar refractivity (Wildman–Crippen MR) is 239 cm³/mol. The summed E-state index contributed by atoms with van der Waals surface area (Å²) >= 11 is 0. The van der Waals surface area contributed by atoms with Crippen LogP contribution in [0.25, 0.3) is 0 Å². The summed E-state index contributed by atoms with van der Waals surface area (Å²) in [4.78, 5) is 24.5. The minimum absolute atomic E-state index is 0.0899. The van der Waals surface area contributed by atoms with Crippen molar-refractivity contribution in [1.82, 2.24) is 9.80 Å². The quantitative estimate of drug-likeness (QED) is 0.0326. The summed E-state index contributed by atoms with van der Waals surface area (Å²) in [6, 6.07) is 5.60. The largest absolute Gasteiger partial charge is 0.492 e. The lowest BCUT2D eigenvalue weighted by atomic mass is 9.55. The highest BCUT2D eigenvalue weighted by Gasteiger charge is 2.65. The summed E-state index contributed by atoms with van der Waals surface area (Å²) in [6.45, 7) is 15.8. The number of nitrogens with zero attached hydrogens (tertiary/aromatic N) is 3. The van der Waals surface area contributed by atoms with Crippen LogP contribution in [-0.4, -0.2) is 109 Å². The Kier molecular flexibility index (Phi) is 20.5. The lowest BCUT2D eigenvalue weighted by molar-refractivity contribution is -0.255. The highest BCUT2D eigenvalue weighted by molar-refractivity contribution is 6.03. The van der Waals surface area contributed by atoms with Gasteiger partial charge >= 0.3 is 6.09 Å². The van der Waals surface area contributed by atoms with Crippen LogP contribution < -0.4 is 9.47 Å². The number of carbonyl (C=O) groups is 1. The number of aliphatic hydroxyl groups is 2. The minimum Gasteiger partial charge on any atom is -0.492 e.